The highest BCUT2D eigenvalue weighted by Gasteiger charge is 2.44. The molecule has 0 fully saturated rings. The Morgan fingerprint density at radius 3 is 1.00 bits per heavy atom. The second-order valence-electron chi connectivity index (χ2n) is 20.0. The second-order valence-corrected chi connectivity index (χ2v) is 20.0. The molecule has 2 aliphatic rings. The summed E-state index contributed by atoms with van der Waals surface area (Å²) in [4.78, 5) is 5.18. The molecule has 0 bridgehead atoms. The highest BCUT2D eigenvalue weighted by molar-refractivity contribution is 7.00. The molecule has 0 aromatic heterocycles. The molecule has 7 rings (SSSR count). The van der Waals surface area contributed by atoms with Gasteiger partial charge in [-0.25, -0.2) is 0 Å². The van der Waals surface area contributed by atoms with E-state index in [1.54, 1.807) is 0 Å². The van der Waals surface area contributed by atoms with Gasteiger partial charge in [-0.3, -0.25) is 0 Å². The molecule has 0 atom stereocenters. The molecule has 0 aliphatic carbocycles. The first kappa shape index (κ1) is 36.1. The molecule has 2 heterocycles. The summed E-state index contributed by atoms with van der Waals surface area (Å²) in [7, 11) is 0. The van der Waals surface area contributed by atoms with Crippen LogP contribution in [0.4, 0.5) is 34.1 Å². The first-order chi connectivity index (χ1) is 24.0. The van der Waals surface area contributed by atoms with E-state index in [-0.39, 0.29) is 28.4 Å². The fraction of sp³-hybridized carbons (Fsp3) is 0.388. The Morgan fingerprint density at radius 2 is 0.692 bits per heavy atom. The summed E-state index contributed by atoms with van der Waals surface area (Å²) in [6.07, 6.45) is 0. The minimum atomic E-state index is 0.00652. The third kappa shape index (κ3) is 6.19. The lowest BCUT2D eigenvalue weighted by Crippen LogP contribution is -2.61. The Morgan fingerprint density at radius 1 is 0.365 bits per heavy atom. The van der Waals surface area contributed by atoms with Crippen molar-refractivity contribution in [1.29, 1.82) is 0 Å². The van der Waals surface area contributed by atoms with Crippen molar-refractivity contribution < 1.29 is 0 Å². The van der Waals surface area contributed by atoms with Crippen LogP contribution in [-0.4, -0.2) is 6.71 Å². The van der Waals surface area contributed by atoms with Crippen molar-refractivity contribution in [1.82, 2.24) is 0 Å². The molecule has 2 aliphatic heterocycles. The molecule has 3 heteroatoms. The molecular weight excluding hydrogens is 627 g/mol. The Hall–Kier alpha value is -4.24. The maximum Gasteiger partial charge on any atom is 0.252 e. The van der Waals surface area contributed by atoms with Crippen LogP contribution in [0.2, 0.25) is 0 Å². The number of hydrogen-bond donors (Lipinski definition) is 0. The molecule has 0 N–H and O–H groups in total. The summed E-state index contributed by atoms with van der Waals surface area (Å²) in [6, 6.07) is 33.8. The van der Waals surface area contributed by atoms with Crippen molar-refractivity contribution in [2.24, 2.45) is 0 Å². The Labute approximate surface area is 315 Å². The van der Waals surface area contributed by atoms with Crippen LogP contribution in [0.5, 0.6) is 0 Å². The van der Waals surface area contributed by atoms with Crippen LogP contribution in [0.1, 0.15) is 122 Å². The van der Waals surface area contributed by atoms with Gasteiger partial charge in [0, 0.05) is 34.1 Å². The van der Waals surface area contributed by atoms with Crippen molar-refractivity contribution in [3.63, 3.8) is 0 Å². The van der Waals surface area contributed by atoms with Gasteiger partial charge in [-0.15, -0.1) is 0 Å². The summed E-state index contributed by atoms with van der Waals surface area (Å²) in [5.41, 5.74) is 21.0. The van der Waals surface area contributed by atoms with Crippen LogP contribution >= 0.6 is 0 Å². The van der Waals surface area contributed by atoms with Gasteiger partial charge < -0.3 is 9.80 Å². The molecule has 0 amide bonds. The fourth-order valence-corrected chi connectivity index (χ4v) is 8.15. The molecule has 0 saturated carbocycles. The predicted octanol–water partition coefficient (Wildman–Crippen LogP) is 11.9. The topological polar surface area (TPSA) is 6.48 Å². The van der Waals surface area contributed by atoms with Crippen molar-refractivity contribution in [2.45, 2.75) is 126 Å². The van der Waals surface area contributed by atoms with E-state index in [0.717, 1.165) is 0 Å². The fourth-order valence-electron chi connectivity index (χ4n) is 8.15. The monoisotopic (exact) mass is 686 g/mol. The second kappa shape index (κ2) is 11.9. The zero-order valence-electron chi connectivity index (χ0n) is 34.6. The van der Waals surface area contributed by atoms with Gasteiger partial charge in [-0.2, -0.15) is 0 Å². The lowest BCUT2D eigenvalue weighted by molar-refractivity contribution is 0.568. The predicted molar refractivity (Wildman–Crippen MR) is 229 cm³/mol. The van der Waals surface area contributed by atoms with Gasteiger partial charge in [0.15, 0.2) is 0 Å². The standard InChI is InChI=1S/C49H59BN2/c1-30-16-18-41-39(20-30)50-40-21-31(2)17-19-42(40)52(38-28-35(48(10,11)12)25-36(29-38)49(13,14)15)44-23-32(3)22-43(45(44)50)51(41)37-26-33(46(4,5)6)24-34(27-37)47(7,8)9/h16-29H,1-15H3. The van der Waals surface area contributed by atoms with E-state index in [0.29, 0.717) is 0 Å². The molecule has 2 nitrogen and oxygen atoms in total. The van der Waals surface area contributed by atoms with E-state index in [2.05, 4.69) is 199 Å². The quantitative estimate of drug-likeness (QED) is 0.167. The average molecular weight is 687 g/mol. The molecule has 52 heavy (non-hydrogen) atoms. The summed E-state index contributed by atoms with van der Waals surface area (Å²) in [5, 5.41) is 0. The van der Waals surface area contributed by atoms with Crippen molar-refractivity contribution in [3.8, 4) is 0 Å². The van der Waals surface area contributed by atoms with Gasteiger partial charge in [-0.1, -0.05) is 131 Å². The van der Waals surface area contributed by atoms with Crippen LogP contribution in [-0.2, 0) is 21.7 Å². The van der Waals surface area contributed by atoms with E-state index in [4.69, 9.17) is 0 Å². The number of anilines is 6. The third-order valence-electron chi connectivity index (χ3n) is 11.3. The van der Waals surface area contributed by atoms with Crippen LogP contribution < -0.4 is 26.2 Å². The molecule has 0 saturated heterocycles. The maximum atomic E-state index is 2.59. The minimum Gasteiger partial charge on any atom is -0.311 e. The molecule has 0 radical (unpaired) electrons. The van der Waals surface area contributed by atoms with Gasteiger partial charge >= 0.3 is 0 Å². The van der Waals surface area contributed by atoms with E-state index >= 15 is 0 Å². The highest BCUT2D eigenvalue weighted by Crippen LogP contribution is 2.47. The number of nitrogens with zero attached hydrogens (tertiary/aromatic N) is 2. The van der Waals surface area contributed by atoms with Gasteiger partial charge in [0.2, 0.25) is 0 Å². The summed E-state index contributed by atoms with van der Waals surface area (Å²) in [5.74, 6) is 0. The van der Waals surface area contributed by atoms with Gasteiger partial charge in [0.25, 0.3) is 6.71 Å². The summed E-state index contributed by atoms with van der Waals surface area (Å²) < 4.78 is 0. The lowest BCUT2D eigenvalue weighted by Gasteiger charge is -2.45. The molecule has 0 spiro atoms. The zero-order chi connectivity index (χ0) is 37.9. The van der Waals surface area contributed by atoms with Crippen molar-refractivity contribution in [3.05, 3.63) is 124 Å². The van der Waals surface area contributed by atoms with E-state index < -0.39 is 0 Å². The Kier molecular flexibility index (Phi) is 8.26. The van der Waals surface area contributed by atoms with Gasteiger partial charge in [-0.05, 0) is 135 Å². The number of hydrogen-bond acceptors (Lipinski definition) is 2. The van der Waals surface area contributed by atoms with Crippen LogP contribution in [0.15, 0.2) is 84.9 Å². The average Bonchev–Trinajstić information content (AvgIpc) is 3.02. The van der Waals surface area contributed by atoms with Crippen molar-refractivity contribution >= 4 is 57.2 Å². The molecule has 0 unspecified atom stereocenters. The highest BCUT2D eigenvalue weighted by atomic mass is 15.2. The number of rotatable bonds is 2. The van der Waals surface area contributed by atoms with Crippen molar-refractivity contribution in [2.75, 3.05) is 9.80 Å². The lowest BCUT2D eigenvalue weighted by atomic mass is 9.33. The van der Waals surface area contributed by atoms with Crippen LogP contribution in [0.3, 0.4) is 0 Å². The van der Waals surface area contributed by atoms with E-state index in [1.807, 2.05) is 0 Å². The zero-order valence-corrected chi connectivity index (χ0v) is 34.6. The van der Waals surface area contributed by atoms with E-state index in [9.17, 15) is 0 Å². The van der Waals surface area contributed by atoms with Crippen LogP contribution in [0.25, 0.3) is 0 Å². The van der Waals surface area contributed by atoms with Gasteiger partial charge in [0.05, 0.1) is 0 Å². The SMILES string of the molecule is Cc1ccc2c(c1)B1c3cc(C)ccc3N(c3cc(C(C)(C)C)cc(C(C)(C)C)c3)c3cc(C)cc(c31)N2c1cc(C(C)(C)C)cc(C(C)(C)C)c1. The first-order valence-electron chi connectivity index (χ1n) is 19.3. The molecule has 5 aromatic rings. The third-order valence-corrected chi connectivity index (χ3v) is 11.3. The Balaban J connectivity index is 1.61. The number of aryl methyl sites for hydroxylation is 3. The van der Waals surface area contributed by atoms with E-state index in [1.165, 1.54) is 89.5 Å². The maximum absolute atomic E-state index is 2.59. The summed E-state index contributed by atoms with van der Waals surface area (Å²) >= 11 is 0. The van der Waals surface area contributed by atoms with Gasteiger partial charge in [0.1, 0.15) is 0 Å². The van der Waals surface area contributed by atoms with Crippen LogP contribution in [0, 0.1) is 20.8 Å². The molecule has 5 aromatic carbocycles. The number of benzene rings is 5. The minimum absolute atomic E-state index is 0.00652. The summed E-state index contributed by atoms with van der Waals surface area (Å²) in [6.45, 7) is 34.9. The first-order valence-corrected chi connectivity index (χ1v) is 19.3. The number of fused-ring (bicyclic) bond motifs is 4. The largest absolute Gasteiger partial charge is 0.311 e. The molecular formula is C49H59BN2. The normalized spacial score (nSPS) is 14.3. The Bertz CT molecular complexity index is 2010. The molecule has 268 valence electrons. The smallest absolute Gasteiger partial charge is 0.252 e.